The Bertz CT molecular complexity index is 1220. The molecule has 0 saturated heterocycles. The van der Waals surface area contributed by atoms with E-state index in [1.165, 1.54) is 0 Å². The third-order valence-corrected chi connectivity index (χ3v) is 5.31. The molecule has 2 atom stereocenters. The number of rotatable bonds is 5. The van der Waals surface area contributed by atoms with Crippen LogP contribution in [0.3, 0.4) is 0 Å². The minimum absolute atomic E-state index is 0.210. The van der Waals surface area contributed by atoms with E-state index in [9.17, 15) is 0 Å². The monoisotopic (exact) mass is 418 g/mol. The van der Waals surface area contributed by atoms with Crippen LogP contribution < -0.4 is 18.9 Å². The molecule has 0 spiro atoms. The van der Waals surface area contributed by atoms with E-state index in [4.69, 9.17) is 18.9 Å². The van der Waals surface area contributed by atoms with Gasteiger partial charge in [-0.15, -0.1) is 0 Å². The van der Waals surface area contributed by atoms with Crippen molar-refractivity contribution in [3.8, 4) is 23.1 Å². The average molecular weight is 418 g/mol. The second-order valence-corrected chi connectivity index (χ2v) is 7.34. The predicted octanol–water partition coefficient (Wildman–Crippen LogP) is 3.79. The van der Waals surface area contributed by atoms with Crippen LogP contribution in [-0.2, 0) is 6.54 Å². The van der Waals surface area contributed by atoms with Gasteiger partial charge in [0.05, 0.1) is 27.1 Å². The van der Waals surface area contributed by atoms with Gasteiger partial charge in [0.15, 0.2) is 23.3 Å². The number of methoxy groups -OCH3 is 2. The molecule has 0 radical (unpaired) electrons. The number of hydrogen-bond donors (Lipinski definition) is 0. The third kappa shape index (κ3) is 3.50. The molecule has 1 aliphatic rings. The van der Waals surface area contributed by atoms with Gasteiger partial charge in [0, 0.05) is 24.0 Å². The van der Waals surface area contributed by atoms with E-state index in [1.807, 2.05) is 47.9 Å². The molecule has 5 rings (SSSR count). The Morgan fingerprint density at radius 2 is 1.94 bits per heavy atom. The predicted molar refractivity (Wildman–Crippen MR) is 114 cm³/mol. The topological polar surface area (TPSA) is 80.5 Å². The van der Waals surface area contributed by atoms with E-state index in [2.05, 4.69) is 15.0 Å². The molecule has 31 heavy (non-hydrogen) atoms. The molecular weight excluding hydrogens is 396 g/mol. The van der Waals surface area contributed by atoms with Crippen molar-refractivity contribution in [3.05, 3.63) is 66.2 Å². The van der Waals surface area contributed by atoms with Crippen molar-refractivity contribution in [2.75, 3.05) is 14.2 Å². The van der Waals surface area contributed by atoms with Crippen LogP contribution in [0.2, 0.25) is 0 Å². The first-order chi connectivity index (χ1) is 15.2. The molecule has 1 unspecified atom stereocenters. The zero-order valence-corrected chi connectivity index (χ0v) is 17.5. The van der Waals surface area contributed by atoms with Crippen LogP contribution in [0.5, 0.6) is 23.1 Å². The molecule has 1 aliphatic heterocycles. The Morgan fingerprint density at radius 3 is 2.71 bits per heavy atom. The minimum Gasteiger partial charge on any atom is -0.493 e. The van der Waals surface area contributed by atoms with Gasteiger partial charge in [0.1, 0.15) is 11.6 Å². The maximum absolute atomic E-state index is 6.32. The molecule has 0 fully saturated rings. The Balaban J connectivity index is 1.46. The molecule has 3 aromatic heterocycles. The first-order valence-electron chi connectivity index (χ1n) is 9.96. The smallest absolute Gasteiger partial charge is 0.212 e. The van der Waals surface area contributed by atoms with Gasteiger partial charge in [-0.2, -0.15) is 0 Å². The van der Waals surface area contributed by atoms with Gasteiger partial charge >= 0.3 is 0 Å². The average Bonchev–Trinajstić information content (AvgIpc) is 3.21. The number of imidazole rings is 1. The molecule has 0 saturated carbocycles. The molecule has 8 nitrogen and oxygen atoms in total. The molecule has 4 heterocycles. The highest BCUT2D eigenvalue weighted by molar-refractivity contribution is 5.70. The van der Waals surface area contributed by atoms with Gasteiger partial charge in [0.2, 0.25) is 11.6 Å². The van der Waals surface area contributed by atoms with Crippen molar-refractivity contribution >= 4 is 11.2 Å². The fourth-order valence-electron chi connectivity index (χ4n) is 3.79. The molecule has 0 amide bonds. The van der Waals surface area contributed by atoms with Crippen LogP contribution in [-0.4, -0.2) is 39.8 Å². The number of hydrogen-bond acceptors (Lipinski definition) is 7. The maximum atomic E-state index is 6.32. The number of pyridine rings is 2. The molecule has 0 N–H and O–H groups in total. The highest BCUT2D eigenvalue weighted by Gasteiger charge is 2.32. The van der Waals surface area contributed by atoms with Crippen LogP contribution in [0.15, 0.2) is 55.1 Å². The lowest BCUT2D eigenvalue weighted by molar-refractivity contribution is 0.0277. The zero-order valence-electron chi connectivity index (χ0n) is 17.5. The standard InChI is InChI=1S/C23H22N4O4/c1-14-21(16-6-7-20(29-3)25-11-16)31-22-18(28-2)9-15(10-19(22)30-14)12-27-13-26-17-5-4-8-24-23(17)27/h4-11,13-14,21H,12H2,1-3H3/t14-,21?/m0/s1. The normalized spacial score (nSPS) is 17.5. The Morgan fingerprint density at radius 1 is 1.03 bits per heavy atom. The molecule has 8 heteroatoms. The van der Waals surface area contributed by atoms with Gasteiger partial charge in [-0.05, 0) is 42.8 Å². The summed E-state index contributed by atoms with van der Waals surface area (Å²) in [7, 11) is 3.21. The maximum Gasteiger partial charge on any atom is 0.212 e. The van der Waals surface area contributed by atoms with Crippen molar-refractivity contribution in [2.24, 2.45) is 0 Å². The van der Waals surface area contributed by atoms with Crippen LogP contribution in [0, 0.1) is 0 Å². The molecule has 4 aromatic rings. The fraction of sp³-hybridized carbons (Fsp3) is 0.261. The lowest BCUT2D eigenvalue weighted by Gasteiger charge is -2.33. The summed E-state index contributed by atoms with van der Waals surface area (Å²) >= 11 is 0. The van der Waals surface area contributed by atoms with Crippen molar-refractivity contribution in [3.63, 3.8) is 0 Å². The summed E-state index contributed by atoms with van der Waals surface area (Å²) in [6.45, 7) is 2.56. The Kier molecular flexibility index (Phi) is 4.82. The van der Waals surface area contributed by atoms with Crippen LogP contribution in [0.4, 0.5) is 0 Å². The summed E-state index contributed by atoms with van der Waals surface area (Å²) in [5, 5.41) is 0. The molecule has 158 valence electrons. The Hall–Kier alpha value is -3.81. The second-order valence-electron chi connectivity index (χ2n) is 7.34. The second kappa shape index (κ2) is 7.79. The number of aromatic nitrogens is 4. The molecule has 0 bridgehead atoms. The van der Waals surface area contributed by atoms with Crippen molar-refractivity contribution in [2.45, 2.75) is 25.7 Å². The summed E-state index contributed by atoms with van der Waals surface area (Å²) in [4.78, 5) is 13.1. The van der Waals surface area contributed by atoms with Gasteiger partial charge in [-0.25, -0.2) is 15.0 Å². The van der Waals surface area contributed by atoms with Gasteiger partial charge in [-0.3, -0.25) is 0 Å². The first kappa shape index (κ1) is 19.2. The Labute approximate surface area is 179 Å². The van der Waals surface area contributed by atoms with Crippen LogP contribution >= 0.6 is 0 Å². The van der Waals surface area contributed by atoms with E-state index in [0.29, 0.717) is 29.7 Å². The highest BCUT2D eigenvalue weighted by atomic mass is 16.6. The number of fused-ring (bicyclic) bond motifs is 2. The lowest BCUT2D eigenvalue weighted by atomic mass is 10.0. The molecule has 0 aliphatic carbocycles. The van der Waals surface area contributed by atoms with Crippen molar-refractivity contribution < 1.29 is 18.9 Å². The summed E-state index contributed by atoms with van der Waals surface area (Å²) in [6.07, 6.45) is 4.77. The van der Waals surface area contributed by atoms with Gasteiger partial charge < -0.3 is 23.5 Å². The molecule has 1 aromatic carbocycles. The summed E-state index contributed by atoms with van der Waals surface area (Å²) in [6, 6.07) is 11.5. The van der Waals surface area contributed by atoms with Gasteiger partial charge in [-0.1, -0.05) is 0 Å². The van der Waals surface area contributed by atoms with E-state index in [0.717, 1.165) is 22.3 Å². The lowest BCUT2D eigenvalue weighted by Crippen LogP contribution is -2.31. The number of ether oxygens (including phenoxy) is 4. The van der Waals surface area contributed by atoms with Crippen LogP contribution in [0.1, 0.15) is 24.2 Å². The molecular formula is C23H22N4O4. The largest absolute Gasteiger partial charge is 0.493 e. The fourth-order valence-corrected chi connectivity index (χ4v) is 3.79. The SMILES string of the molecule is COc1ccc(C2Oc3c(OC)cc(Cn4cnc5cccnc54)cc3O[C@H]2C)cn1. The summed E-state index contributed by atoms with van der Waals surface area (Å²) < 4.78 is 25.3. The number of benzene rings is 1. The number of nitrogens with zero attached hydrogens (tertiary/aromatic N) is 4. The van der Waals surface area contributed by atoms with Crippen molar-refractivity contribution in [1.29, 1.82) is 0 Å². The third-order valence-electron chi connectivity index (χ3n) is 5.31. The van der Waals surface area contributed by atoms with E-state index >= 15 is 0 Å². The van der Waals surface area contributed by atoms with Crippen LogP contribution in [0.25, 0.3) is 11.2 Å². The van der Waals surface area contributed by atoms with E-state index in [-0.39, 0.29) is 12.2 Å². The highest BCUT2D eigenvalue weighted by Crippen LogP contribution is 2.46. The quantitative estimate of drug-likeness (QED) is 0.488. The first-order valence-corrected chi connectivity index (χ1v) is 9.96. The zero-order chi connectivity index (χ0) is 21.4. The van der Waals surface area contributed by atoms with Crippen molar-refractivity contribution in [1.82, 2.24) is 19.5 Å². The van der Waals surface area contributed by atoms with E-state index < -0.39 is 0 Å². The summed E-state index contributed by atoms with van der Waals surface area (Å²) in [5.74, 6) is 2.40. The summed E-state index contributed by atoms with van der Waals surface area (Å²) in [5.41, 5.74) is 3.59. The van der Waals surface area contributed by atoms with Gasteiger partial charge in [0.25, 0.3) is 0 Å². The minimum atomic E-state index is -0.313. The van der Waals surface area contributed by atoms with E-state index in [1.54, 1.807) is 32.9 Å².